The van der Waals surface area contributed by atoms with Gasteiger partial charge in [0.15, 0.2) is 5.78 Å². The van der Waals surface area contributed by atoms with Crippen molar-refractivity contribution in [3.05, 3.63) is 62.9 Å². The largest absolute Gasteiger partial charge is 0.493 e. The summed E-state index contributed by atoms with van der Waals surface area (Å²) in [4.78, 5) is 12.4. The van der Waals surface area contributed by atoms with Crippen molar-refractivity contribution in [2.24, 2.45) is 0 Å². The molecular formula is C17H14BrFO2. The number of hydrogen-bond donors (Lipinski definition) is 0. The zero-order valence-corrected chi connectivity index (χ0v) is 13.2. The summed E-state index contributed by atoms with van der Waals surface area (Å²) < 4.78 is 20.3. The number of halogens is 2. The second kappa shape index (κ2) is 5.60. The van der Waals surface area contributed by atoms with Gasteiger partial charge >= 0.3 is 0 Å². The van der Waals surface area contributed by atoms with Crippen molar-refractivity contribution >= 4 is 21.7 Å². The van der Waals surface area contributed by atoms with Gasteiger partial charge in [0.05, 0.1) is 12.2 Å². The summed E-state index contributed by atoms with van der Waals surface area (Å²) in [5.74, 6) is 0.0739. The quantitative estimate of drug-likeness (QED) is 0.774. The van der Waals surface area contributed by atoms with Crippen LogP contribution in [0.25, 0.3) is 0 Å². The van der Waals surface area contributed by atoms with Gasteiger partial charge in [0.1, 0.15) is 11.6 Å². The van der Waals surface area contributed by atoms with Gasteiger partial charge in [0, 0.05) is 22.9 Å². The topological polar surface area (TPSA) is 26.3 Å². The number of hydrogen-bond acceptors (Lipinski definition) is 2. The van der Waals surface area contributed by atoms with Gasteiger partial charge in [0.25, 0.3) is 0 Å². The molecule has 0 aromatic heterocycles. The SMILES string of the molecule is Cc1ccc(F)c(C(=O)Cc2cc(Br)cc3c2OCC3)c1. The van der Waals surface area contributed by atoms with Crippen molar-refractivity contribution in [3.8, 4) is 5.75 Å². The van der Waals surface area contributed by atoms with E-state index in [0.29, 0.717) is 6.61 Å². The predicted molar refractivity (Wildman–Crippen MR) is 82.5 cm³/mol. The number of ketones is 1. The van der Waals surface area contributed by atoms with Crippen LogP contribution in [0.2, 0.25) is 0 Å². The molecule has 0 saturated heterocycles. The molecule has 2 aromatic rings. The summed E-state index contributed by atoms with van der Waals surface area (Å²) in [5.41, 5.74) is 2.91. The Balaban J connectivity index is 1.94. The second-order valence-electron chi connectivity index (χ2n) is 5.23. The first-order valence-corrected chi connectivity index (χ1v) is 7.57. The number of ether oxygens (including phenoxy) is 1. The lowest BCUT2D eigenvalue weighted by Gasteiger charge is -2.09. The molecule has 1 aliphatic heterocycles. The highest BCUT2D eigenvalue weighted by molar-refractivity contribution is 9.10. The first kappa shape index (κ1) is 14.3. The smallest absolute Gasteiger partial charge is 0.170 e. The van der Waals surface area contributed by atoms with Crippen molar-refractivity contribution in [1.82, 2.24) is 0 Å². The minimum atomic E-state index is -0.474. The highest BCUT2D eigenvalue weighted by atomic mass is 79.9. The van der Waals surface area contributed by atoms with E-state index < -0.39 is 5.82 Å². The average molecular weight is 349 g/mol. The molecule has 21 heavy (non-hydrogen) atoms. The normalized spacial score (nSPS) is 12.9. The van der Waals surface area contributed by atoms with Gasteiger partial charge in [0.2, 0.25) is 0 Å². The Morgan fingerprint density at radius 3 is 2.95 bits per heavy atom. The Hall–Kier alpha value is -1.68. The van der Waals surface area contributed by atoms with E-state index in [9.17, 15) is 9.18 Å². The third kappa shape index (κ3) is 2.86. The number of carbonyl (C=O) groups excluding carboxylic acids is 1. The molecule has 0 fully saturated rings. The summed E-state index contributed by atoms with van der Waals surface area (Å²) in [5, 5.41) is 0. The number of benzene rings is 2. The Labute approximate surface area is 131 Å². The maximum absolute atomic E-state index is 13.8. The van der Waals surface area contributed by atoms with Gasteiger partial charge in [-0.15, -0.1) is 0 Å². The first-order chi connectivity index (χ1) is 10.0. The van der Waals surface area contributed by atoms with E-state index in [1.54, 1.807) is 12.1 Å². The monoisotopic (exact) mass is 348 g/mol. The van der Waals surface area contributed by atoms with Crippen LogP contribution in [0.1, 0.15) is 27.0 Å². The van der Waals surface area contributed by atoms with E-state index in [-0.39, 0.29) is 17.8 Å². The van der Waals surface area contributed by atoms with Crippen molar-refractivity contribution in [2.75, 3.05) is 6.61 Å². The molecule has 0 amide bonds. The second-order valence-corrected chi connectivity index (χ2v) is 6.15. The maximum atomic E-state index is 13.8. The number of aryl methyl sites for hydroxylation is 1. The van der Waals surface area contributed by atoms with Crippen LogP contribution in [0.5, 0.6) is 5.75 Å². The van der Waals surface area contributed by atoms with Crippen molar-refractivity contribution in [1.29, 1.82) is 0 Å². The van der Waals surface area contributed by atoms with Gasteiger partial charge in [-0.3, -0.25) is 4.79 Å². The lowest BCUT2D eigenvalue weighted by molar-refractivity contribution is 0.0988. The third-order valence-electron chi connectivity index (χ3n) is 3.60. The standard InChI is InChI=1S/C17H14BrFO2/c1-10-2-3-15(19)14(6-10)16(20)9-12-8-13(18)7-11-4-5-21-17(11)12/h2-3,6-8H,4-5,9H2,1H3. The van der Waals surface area contributed by atoms with Crippen LogP contribution >= 0.6 is 15.9 Å². The third-order valence-corrected chi connectivity index (χ3v) is 4.06. The fourth-order valence-corrected chi connectivity index (χ4v) is 3.15. The molecule has 0 N–H and O–H groups in total. The summed E-state index contributed by atoms with van der Waals surface area (Å²) >= 11 is 3.45. The number of carbonyl (C=O) groups is 1. The molecule has 4 heteroatoms. The zero-order valence-electron chi connectivity index (χ0n) is 11.6. The van der Waals surface area contributed by atoms with E-state index in [2.05, 4.69) is 15.9 Å². The molecule has 0 unspecified atom stereocenters. The fourth-order valence-electron chi connectivity index (χ4n) is 2.60. The number of fused-ring (bicyclic) bond motifs is 1. The maximum Gasteiger partial charge on any atom is 0.170 e. The van der Waals surface area contributed by atoms with Crippen molar-refractivity contribution in [2.45, 2.75) is 19.8 Å². The molecule has 0 saturated carbocycles. The number of Topliss-reactive ketones (excluding diaryl/α,β-unsaturated/α-hetero) is 1. The highest BCUT2D eigenvalue weighted by Crippen LogP contribution is 2.33. The Morgan fingerprint density at radius 1 is 1.33 bits per heavy atom. The van der Waals surface area contributed by atoms with Gasteiger partial charge < -0.3 is 4.74 Å². The van der Waals surface area contributed by atoms with Crippen LogP contribution in [0.3, 0.4) is 0 Å². The Kier molecular flexibility index (Phi) is 3.81. The minimum Gasteiger partial charge on any atom is -0.493 e. The molecule has 1 heterocycles. The minimum absolute atomic E-state index is 0.140. The molecule has 3 rings (SSSR count). The van der Waals surface area contributed by atoms with Gasteiger partial charge in [-0.2, -0.15) is 0 Å². The van der Waals surface area contributed by atoms with Gasteiger partial charge in [-0.05, 0) is 36.8 Å². The van der Waals surface area contributed by atoms with Crippen molar-refractivity contribution < 1.29 is 13.9 Å². The lowest BCUT2D eigenvalue weighted by atomic mass is 9.99. The molecule has 0 bridgehead atoms. The molecule has 0 atom stereocenters. The van der Waals surface area contributed by atoms with E-state index >= 15 is 0 Å². The molecule has 2 aromatic carbocycles. The highest BCUT2D eigenvalue weighted by Gasteiger charge is 2.21. The summed E-state index contributed by atoms with van der Waals surface area (Å²) in [6, 6.07) is 8.46. The fraction of sp³-hybridized carbons (Fsp3) is 0.235. The van der Waals surface area contributed by atoms with Crippen LogP contribution in [0.4, 0.5) is 4.39 Å². The zero-order chi connectivity index (χ0) is 15.0. The summed E-state index contributed by atoms with van der Waals surface area (Å²) in [7, 11) is 0. The molecular weight excluding hydrogens is 335 g/mol. The average Bonchev–Trinajstić information content (AvgIpc) is 2.89. The molecule has 2 nitrogen and oxygen atoms in total. The van der Waals surface area contributed by atoms with Gasteiger partial charge in [-0.1, -0.05) is 27.6 Å². The van der Waals surface area contributed by atoms with Crippen LogP contribution in [0, 0.1) is 12.7 Å². The molecule has 0 aliphatic carbocycles. The van der Waals surface area contributed by atoms with E-state index in [4.69, 9.17) is 4.74 Å². The molecule has 0 radical (unpaired) electrons. The lowest BCUT2D eigenvalue weighted by Crippen LogP contribution is -2.07. The van der Waals surface area contributed by atoms with E-state index in [1.165, 1.54) is 6.07 Å². The molecule has 1 aliphatic rings. The van der Waals surface area contributed by atoms with Crippen molar-refractivity contribution in [3.63, 3.8) is 0 Å². The predicted octanol–water partition coefficient (Wildman–Crippen LogP) is 4.26. The first-order valence-electron chi connectivity index (χ1n) is 6.78. The van der Waals surface area contributed by atoms with E-state index in [0.717, 1.165) is 33.3 Å². The van der Waals surface area contributed by atoms with Crippen LogP contribution in [-0.4, -0.2) is 12.4 Å². The van der Waals surface area contributed by atoms with Crippen LogP contribution in [0.15, 0.2) is 34.8 Å². The molecule has 0 spiro atoms. The Morgan fingerprint density at radius 2 is 2.14 bits per heavy atom. The molecule has 108 valence electrons. The van der Waals surface area contributed by atoms with Crippen LogP contribution < -0.4 is 4.74 Å². The van der Waals surface area contributed by atoms with E-state index in [1.807, 2.05) is 19.1 Å². The van der Waals surface area contributed by atoms with Gasteiger partial charge in [-0.25, -0.2) is 4.39 Å². The summed E-state index contributed by atoms with van der Waals surface area (Å²) in [6.45, 7) is 2.47. The van der Waals surface area contributed by atoms with Crippen LogP contribution in [-0.2, 0) is 12.8 Å². The summed E-state index contributed by atoms with van der Waals surface area (Å²) in [6.07, 6.45) is 0.983. The Bertz CT molecular complexity index is 725. The number of rotatable bonds is 3.